The molecule has 1 saturated heterocycles. The molecule has 108 valence electrons. The summed E-state index contributed by atoms with van der Waals surface area (Å²) in [6.07, 6.45) is 5.14. The van der Waals surface area contributed by atoms with E-state index in [1.165, 1.54) is 0 Å². The van der Waals surface area contributed by atoms with E-state index in [0.29, 0.717) is 38.3 Å². The lowest BCUT2D eigenvalue weighted by Crippen LogP contribution is -2.51. The van der Waals surface area contributed by atoms with Gasteiger partial charge in [-0.05, 0) is 12.5 Å². The largest absolute Gasteiger partial charge is 0.381 e. The Morgan fingerprint density at radius 2 is 1.90 bits per heavy atom. The van der Waals surface area contributed by atoms with Gasteiger partial charge in [-0.3, -0.25) is 4.79 Å². The molecule has 1 amide bonds. The third kappa shape index (κ3) is 2.62. The third-order valence-corrected chi connectivity index (χ3v) is 4.68. The number of hydrogen-bond donors (Lipinski definition) is 1. The number of halogens is 2. The number of alkyl halides is 2. The maximum absolute atomic E-state index is 12.3. The maximum Gasteiger partial charge on any atom is 0.227 e. The molecule has 1 aliphatic carbocycles. The highest BCUT2D eigenvalue weighted by molar-refractivity contribution is 6.52. The molecule has 1 atom stereocenters. The van der Waals surface area contributed by atoms with E-state index in [-0.39, 0.29) is 11.8 Å². The van der Waals surface area contributed by atoms with E-state index in [1.54, 1.807) is 18.5 Å². The number of carbonyl (C=O) groups is 1. The van der Waals surface area contributed by atoms with Crippen LogP contribution in [0.25, 0.3) is 0 Å². The first-order chi connectivity index (χ1) is 9.54. The number of nitrogens with one attached hydrogen (secondary N) is 1. The van der Waals surface area contributed by atoms with Crippen molar-refractivity contribution in [1.29, 1.82) is 0 Å². The summed E-state index contributed by atoms with van der Waals surface area (Å²) < 4.78 is 4.46. The van der Waals surface area contributed by atoms with Gasteiger partial charge in [0.05, 0.1) is 5.92 Å². The van der Waals surface area contributed by atoms with Gasteiger partial charge in [0.15, 0.2) is 5.82 Å². The van der Waals surface area contributed by atoms with Crippen LogP contribution in [0.4, 0.5) is 0 Å². The Morgan fingerprint density at radius 1 is 1.30 bits per heavy atom. The maximum atomic E-state index is 12.3. The smallest absolute Gasteiger partial charge is 0.227 e. The van der Waals surface area contributed by atoms with Crippen LogP contribution in [-0.2, 0) is 15.1 Å². The first-order valence-electron chi connectivity index (χ1n) is 6.59. The first-order valence-corrected chi connectivity index (χ1v) is 7.34. The van der Waals surface area contributed by atoms with Gasteiger partial charge in [-0.25, -0.2) is 9.97 Å². The quantitative estimate of drug-likeness (QED) is 0.864. The molecule has 0 bridgehead atoms. The number of nitrogens with zero attached hydrogens (tertiary/aromatic N) is 2. The van der Waals surface area contributed by atoms with Gasteiger partial charge in [0, 0.05) is 38.4 Å². The van der Waals surface area contributed by atoms with E-state index in [0.717, 1.165) is 0 Å². The molecule has 0 aromatic carbocycles. The van der Waals surface area contributed by atoms with E-state index in [2.05, 4.69) is 15.3 Å². The van der Waals surface area contributed by atoms with Crippen LogP contribution >= 0.6 is 23.2 Å². The lowest BCUT2D eigenvalue weighted by atomic mass is 9.88. The van der Waals surface area contributed by atoms with Crippen molar-refractivity contribution in [2.75, 3.05) is 13.2 Å². The Hall–Kier alpha value is -0.910. The molecule has 0 radical (unpaired) electrons. The molecule has 1 saturated carbocycles. The number of amides is 1. The van der Waals surface area contributed by atoms with Crippen molar-refractivity contribution in [3.8, 4) is 0 Å². The van der Waals surface area contributed by atoms with Crippen molar-refractivity contribution in [1.82, 2.24) is 15.3 Å². The summed E-state index contributed by atoms with van der Waals surface area (Å²) in [5, 5.41) is 3.05. The fraction of sp³-hybridized carbons (Fsp3) is 0.615. The molecule has 2 heterocycles. The summed E-state index contributed by atoms with van der Waals surface area (Å²) in [5.41, 5.74) is -0.580. The molecule has 7 heteroatoms. The second kappa shape index (κ2) is 5.13. The highest BCUT2D eigenvalue weighted by atomic mass is 35.5. The minimum atomic E-state index is -0.923. The lowest BCUT2D eigenvalue weighted by molar-refractivity contribution is -0.126. The average molecular weight is 316 g/mol. The minimum Gasteiger partial charge on any atom is -0.381 e. The lowest BCUT2D eigenvalue weighted by Gasteiger charge is -2.36. The molecule has 1 aromatic rings. The number of ether oxygens (including phenoxy) is 1. The summed E-state index contributed by atoms with van der Waals surface area (Å²) in [4.78, 5) is 20.9. The van der Waals surface area contributed by atoms with E-state index in [1.807, 2.05) is 0 Å². The van der Waals surface area contributed by atoms with E-state index >= 15 is 0 Å². The van der Waals surface area contributed by atoms with E-state index in [9.17, 15) is 4.79 Å². The Kier molecular flexibility index (Phi) is 3.60. The molecule has 1 aliphatic heterocycles. The van der Waals surface area contributed by atoms with Gasteiger partial charge >= 0.3 is 0 Å². The molecular formula is C13H15Cl2N3O2. The van der Waals surface area contributed by atoms with Crippen molar-refractivity contribution >= 4 is 29.1 Å². The normalized spacial score (nSPS) is 26.8. The van der Waals surface area contributed by atoms with Gasteiger partial charge in [-0.15, -0.1) is 23.2 Å². The van der Waals surface area contributed by atoms with Crippen LogP contribution in [0.5, 0.6) is 0 Å². The Labute approximate surface area is 127 Å². The Balaban J connectivity index is 1.82. The fourth-order valence-electron chi connectivity index (χ4n) is 2.49. The van der Waals surface area contributed by atoms with E-state index in [4.69, 9.17) is 27.9 Å². The summed E-state index contributed by atoms with van der Waals surface area (Å²) >= 11 is 11.9. The predicted octanol–water partition coefficient (Wildman–Crippen LogP) is 1.79. The third-order valence-electron chi connectivity index (χ3n) is 3.85. The molecule has 2 aliphatic rings. The van der Waals surface area contributed by atoms with E-state index < -0.39 is 9.87 Å². The fourth-order valence-corrected chi connectivity index (χ4v) is 3.00. The molecule has 5 nitrogen and oxygen atoms in total. The second-order valence-electron chi connectivity index (χ2n) is 5.27. The monoisotopic (exact) mass is 315 g/mol. The molecule has 1 aromatic heterocycles. The number of rotatable bonds is 3. The number of carbonyl (C=O) groups excluding carboxylic acids is 1. The zero-order chi connectivity index (χ0) is 14.2. The second-order valence-corrected chi connectivity index (χ2v) is 6.82. The van der Waals surface area contributed by atoms with Crippen LogP contribution in [0.15, 0.2) is 18.5 Å². The zero-order valence-electron chi connectivity index (χ0n) is 10.8. The standard InChI is InChI=1S/C13H15Cl2N3O2/c14-13(15)8-9(13)10(19)18-12(2-6-20-7-3-12)11-16-4-1-5-17-11/h1,4-5,9H,2-3,6-8H2,(H,18,19). The van der Waals surface area contributed by atoms with Crippen molar-refractivity contribution in [3.63, 3.8) is 0 Å². The number of hydrogen-bond acceptors (Lipinski definition) is 4. The highest BCUT2D eigenvalue weighted by Crippen LogP contribution is 2.53. The number of aromatic nitrogens is 2. The van der Waals surface area contributed by atoms with Crippen LogP contribution in [-0.4, -0.2) is 33.4 Å². The first kappa shape index (κ1) is 14.0. The van der Waals surface area contributed by atoms with Crippen molar-refractivity contribution in [3.05, 3.63) is 24.3 Å². The molecule has 0 spiro atoms. The molecule has 2 fully saturated rings. The van der Waals surface area contributed by atoms with Crippen LogP contribution in [0.2, 0.25) is 0 Å². The van der Waals surface area contributed by atoms with Crippen molar-refractivity contribution < 1.29 is 9.53 Å². The zero-order valence-corrected chi connectivity index (χ0v) is 12.3. The summed E-state index contributed by atoms with van der Waals surface area (Å²) in [7, 11) is 0. The van der Waals surface area contributed by atoms with Gasteiger partial charge in [-0.1, -0.05) is 0 Å². The van der Waals surface area contributed by atoms with Crippen LogP contribution in [0.1, 0.15) is 25.1 Å². The van der Waals surface area contributed by atoms with Crippen LogP contribution in [0, 0.1) is 5.92 Å². The molecule has 1 N–H and O–H groups in total. The molecule has 20 heavy (non-hydrogen) atoms. The van der Waals surface area contributed by atoms with Gasteiger partial charge in [0.1, 0.15) is 9.87 Å². The van der Waals surface area contributed by atoms with Gasteiger partial charge < -0.3 is 10.1 Å². The SMILES string of the molecule is O=C(NC1(c2ncccn2)CCOCC1)C1CC1(Cl)Cl. The highest BCUT2D eigenvalue weighted by Gasteiger charge is 2.57. The van der Waals surface area contributed by atoms with Crippen molar-refractivity contribution in [2.24, 2.45) is 5.92 Å². The minimum absolute atomic E-state index is 0.135. The Bertz CT molecular complexity index is 504. The average Bonchev–Trinajstić information content (AvgIpc) is 3.10. The molecular weight excluding hydrogens is 301 g/mol. The summed E-state index contributed by atoms with van der Waals surface area (Å²) in [6, 6.07) is 1.75. The predicted molar refractivity (Wildman–Crippen MR) is 74.4 cm³/mol. The van der Waals surface area contributed by atoms with Gasteiger partial charge in [0.25, 0.3) is 0 Å². The summed E-state index contributed by atoms with van der Waals surface area (Å²) in [6.45, 7) is 1.13. The van der Waals surface area contributed by atoms with Crippen LogP contribution in [0.3, 0.4) is 0 Å². The molecule has 1 unspecified atom stereocenters. The Morgan fingerprint density at radius 3 is 2.45 bits per heavy atom. The molecule has 3 rings (SSSR count). The topological polar surface area (TPSA) is 64.1 Å². The van der Waals surface area contributed by atoms with Crippen LogP contribution < -0.4 is 5.32 Å². The van der Waals surface area contributed by atoms with Gasteiger partial charge in [-0.2, -0.15) is 0 Å². The van der Waals surface area contributed by atoms with Gasteiger partial charge in [0.2, 0.25) is 5.91 Å². The van der Waals surface area contributed by atoms with Crippen molar-refractivity contribution in [2.45, 2.75) is 29.1 Å². The summed E-state index contributed by atoms with van der Waals surface area (Å²) in [5.74, 6) is 0.130.